The van der Waals surface area contributed by atoms with Crippen molar-refractivity contribution in [3.8, 4) is 0 Å². The van der Waals surface area contributed by atoms with E-state index in [-0.39, 0.29) is 28.8 Å². The molecule has 3 atom stereocenters. The Bertz CT molecular complexity index is 1020. The lowest BCUT2D eigenvalue weighted by Crippen LogP contribution is -2.33. The third kappa shape index (κ3) is 3.45. The van der Waals surface area contributed by atoms with E-state index < -0.39 is 23.9 Å². The quantitative estimate of drug-likeness (QED) is 0.330. The molecule has 0 spiro atoms. The molecule has 6 nitrogen and oxygen atoms in total. The molecule has 0 unspecified atom stereocenters. The largest absolute Gasteiger partial charge is 0.451 e. The number of benzene rings is 2. The van der Waals surface area contributed by atoms with E-state index in [9.17, 15) is 19.2 Å². The molecule has 152 valence electrons. The van der Waals surface area contributed by atoms with E-state index in [0.717, 1.165) is 4.90 Å². The molecule has 2 aromatic carbocycles. The smallest absolute Gasteiger partial charge is 0.340 e. The number of carbonyl (C=O) groups excluding carboxylic acids is 4. The van der Waals surface area contributed by atoms with Gasteiger partial charge in [-0.15, -0.1) is 0 Å². The topological polar surface area (TPSA) is 80.8 Å². The van der Waals surface area contributed by atoms with Crippen LogP contribution in [0.15, 0.2) is 66.7 Å². The minimum atomic E-state index is -1.01. The van der Waals surface area contributed by atoms with Crippen molar-refractivity contribution in [2.45, 2.75) is 25.9 Å². The van der Waals surface area contributed by atoms with Gasteiger partial charge >= 0.3 is 5.97 Å². The summed E-state index contributed by atoms with van der Waals surface area (Å²) in [5.74, 6) is -2.48. The SMILES string of the molecule is C[C@H](OC(=O)c1ccccc1N1C(=O)[C@H]2CC=CC[C@H]2C1=O)C(=O)c1ccccc1. The number of rotatable bonds is 5. The fourth-order valence-electron chi connectivity index (χ4n) is 3.99. The Hall–Kier alpha value is -3.54. The van der Waals surface area contributed by atoms with Gasteiger partial charge in [0, 0.05) is 5.56 Å². The zero-order valence-corrected chi connectivity index (χ0v) is 16.5. The summed E-state index contributed by atoms with van der Waals surface area (Å²) >= 11 is 0. The highest BCUT2D eigenvalue weighted by Gasteiger charge is 2.48. The Morgan fingerprint density at radius 3 is 2.10 bits per heavy atom. The monoisotopic (exact) mass is 403 g/mol. The van der Waals surface area contributed by atoms with Crippen molar-refractivity contribution >= 4 is 29.3 Å². The minimum absolute atomic E-state index is 0.0820. The Balaban J connectivity index is 1.58. The second-order valence-corrected chi connectivity index (χ2v) is 7.46. The van der Waals surface area contributed by atoms with Gasteiger partial charge in [0.05, 0.1) is 23.1 Å². The van der Waals surface area contributed by atoms with Crippen LogP contribution >= 0.6 is 0 Å². The molecule has 4 rings (SSSR count). The van der Waals surface area contributed by atoms with Gasteiger partial charge in [0.1, 0.15) is 0 Å². The van der Waals surface area contributed by atoms with Gasteiger partial charge in [0.2, 0.25) is 17.6 Å². The summed E-state index contributed by atoms with van der Waals surface area (Å²) in [4.78, 5) is 52.3. The van der Waals surface area contributed by atoms with Crippen LogP contribution in [0.25, 0.3) is 0 Å². The molecule has 2 aliphatic rings. The van der Waals surface area contributed by atoms with Gasteiger partial charge in [-0.3, -0.25) is 14.4 Å². The minimum Gasteiger partial charge on any atom is -0.451 e. The van der Waals surface area contributed by atoms with Crippen LogP contribution in [-0.2, 0) is 14.3 Å². The Morgan fingerprint density at radius 1 is 0.900 bits per heavy atom. The fraction of sp³-hybridized carbons (Fsp3) is 0.250. The van der Waals surface area contributed by atoms with Crippen LogP contribution < -0.4 is 4.90 Å². The number of para-hydroxylation sites is 1. The maximum absolute atomic E-state index is 12.9. The number of fused-ring (bicyclic) bond motifs is 1. The average Bonchev–Trinajstić information content (AvgIpc) is 3.04. The number of esters is 1. The first-order valence-corrected chi connectivity index (χ1v) is 9.91. The van der Waals surface area contributed by atoms with Crippen LogP contribution in [-0.4, -0.2) is 29.7 Å². The number of anilines is 1. The van der Waals surface area contributed by atoms with Crippen LogP contribution in [0.4, 0.5) is 5.69 Å². The number of amides is 2. The molecular formula is C24H21NO5. The van der Waals surface area contributed by atoms with E-state index in [2.05, 4.69) is 0 Å². The molecule has 30 heavy (non-hydrogen) atoms. The molecule has 6 heteroatoms. The summed E-state index contributed by atoms with van der Waals surface area (Å²) < 4.78 is 5.39. The van der Waals surface area contributed by atoms with Gasteiger partial charge in [-0.1, -0.05) is 54.6 Å². The molecule has 0 saturated carbocycles. The first-order valence-electron chi connectivity index (χ1n) is 9.91. The molecule has 1 fully saturated rings. The molecule has 0 bridgehead atoms. The molecule has 0 N–H and O–H groups in total. The lowest BCUT2D eigenvalue weighted by atomic mass is 9.85. The van der Waals surface area contributed by atoms with Crippen molar-refractivity contribution in [2.75, 3.05) is 4.90 Å². The summed E-state index contributed by atoms with van der Waals surface area (Å²) in [6.07, 6.45) is 3.84. The molecule has 1 saturated heterocycles. The van der Waals surface area contributed by atoms with Gasteiger partial charge in [0.15, 0.2) is 6.10 Å². The third-order valence-corrected chi connectivity index (χ3v) is 5.58. The first kappa shape index (κ1) is 19.8. The molecule has 0 aromatic heterocycles. The highest BCUT2D eigenvalue weighted by Crippen LogP contribution is 2.38. The summed E-state index contributed by atoms with van der Waals surface area (Å²) in [5, 5.41) is 0. The predicted molar refractivity (Wildman–Crippen MR) is 110 cm³/mol. The third-order valence-electron chi connectivity index (χ3n) is 5.58. The molecule has 2 amide bonds. The highest BCUT2D eigenvalue weighted by molar-refractivity contribution is 6.24. The van der Waals surface area contributed by atoms with E-state index in [0.29, 0.717) is 18.4 Å². The molecular weight excluding hydrogens is 382 g/mol. The number of imide groups is 1. The zero-order chi connectivity index (χ0) is 21.3. The number of nitrogens with zero attached hydrogens (tertiary/aromatic N) is 1. The predicted octanol–water partition coefficient (Wildman–Crippen LogP) is 3.57. The van der Waals surface area contributed by atoms with E-state index in [4.69, 9.17) is 4.74 Å². The molecule has 2 aromatic rings. The molecule has 1 heterocycles. The first-order chi connectivity index (χ1) is 14.5. The number of carbonyl (C=O) groups is 4. The summed E-state index contributed by atoms with van der Waals surface area (Å²) in [5.41, 5.74) is 0.720. The summed E-state index contributed by atoms with van der Waals surface area (Å²) in [6.45, 7) is 1.50. The van der Waals surface area contributed by atoms with E-state index >= 15 is 0 Å². The van der Waals surface area contributed by atoms with Gasteiger partial charge < -0.3 is 4.74 Å². The van der Waals surface area contributed by atoms with Crippen LogP contribution in [0.2, 0.25) is 0 Å². The normalized spacial score (nSPS) is 21.3. The van der Waals surface area contributed by atoms with Crippen LogP contribution in [0, 0.1) is 11.8 Å². The maximum Gasteiger partial charge on any atom is 0.340 e. The maximum atomic E-state index is 12.9. The molecule has 1 aliphatic carbocycles. The van der Waals surface area contributed by atoms with E-state index in [1.807, 2.05) is 12.2 Å². The number of ether oxygens (including phenoxy) is 1. The van der Waals surface area contributed by atoms with Gasteiger partial charge in [0.25, 0.3) is 0 Å². The van der Waals surface area contributed by atoms with Crippen LogP contribution in [0.3, 0.4) is 0 Å². The van der Waals surface area contributed by atoms with Crippen molar-refractivity contribution in [1.82, 2.24) is 0 Å². The van der Waals surface area contributed by atoms with Crippen molar-refractivity contribution in [2.24, 2.45) is 11.8 Å². The van der Waals surface area contributed by atoms with Crippen molar-refractivity contribution < 1.29 is 23.9 Å². The number of hydrogen-bond acceptors (Lipinski definition) is 5. The van der Waals surface area contributed by atoms with Crippen LogP contribution in [0.1, 0.15) is 40.5 Å². The Labute approximate surface area is 174 Å². The van der Waals surface area contributed by atoms with Crippen LogP contribution in [0.5, 0.6) is 0 Å². The molecule has 0 radical (unpaired) electrons. The molecule has 1 aliphatic heterocycles. The zero-order valence-electron chi connectivity index (χ0n) is 16.5. The van der Waals surface area contributed by atoms with Crippen molar-refractivity contribution in [1.29, 1.82) is 0 Å². The lowest BCUT2D eigenvalue weighted by Gasteiger charge is -2.19. The second-order valence-electron chi connectivity index (χ2n) is 7.46. The fourth-order valence-corrected chi connectivity index (χ4v) is 3.99. The summed E-state index contributed by atoms with van der Waals surface area (Å²) in [6, 6.07) is 14.9. The second kappa shape index (κ2) is 8.06. The number of Topliss-reactive ketones (excluding diaryl/α,β-unsaturated/α-hetero) is 1. The van der Waals surface area contributed by atoms with Gasteiger partial charge in [-0.05, 0) is 31.9 Å². The van der Waals surface area contributed by atoms with Gasteiger partial charge in [-0.25, -0.2) is 9.69 Å². The van der Waals surface area contributed by atoms with Gasteiger partial charge in [-0.2, -0.15) is 0 Å². The number of hydrogen-bond donors (Lipinski definition) is 0. The Morgan fingerprint density at radius 2 is 1.47 bits per heavy atom. The number of ketones is 1. The van der Waals surface area contributed by atoms with Crippen molar-refractivity contribution in [3.05, 3.63) is 77.9 Å². The van der Waals surface area contributed by atoms with E-state index in [1.165, 1.54) is 13.0 Å². The highest BCUT2D eigenvalue weighted by atomic mass is 16.5. The summed E-state index contributed by atoms with van der Waals surface area (Å²) in [7, 11) is 0. The standard InChI is InChI=1S/C24H21NO5/c1-15(21(26)16-9-3-2-4-10-16)30-24(29)19-13-7-8-14-20(19)25-22(27)17-11-5-6-12-18(17)23(25)28/h2-10,13-15,17-18H,11-12H2,1H3/t15-,17-,18+/m0/s1. The lowest BCUT2D eigenvalue weighted by molar-refractivity contribution is -0.122. The number of allylic oxidation sites excluding steroid dienone is 2. The van der Waals surface area contributed by atoms with Crippen molar-refractivity contribution in [3.63, 3.8) is 0 Å². The Kier molecular flexibility index (Phi) is 5.31. The average molecular weight is 403 g/mol. The van der Waals surface area contributed by atoms with E-state index in [1.54, 1.807) is 48.5 Å².